The van der Waals surface area contributed by atoms with Crippen molar-refractivity contribution in [1.29, 1.82) is 0 Å². The average molecular weight is 868 g/mol. The highest BCUT2D eigenvalue weighted by molar-refractivity contribution is 6.25. The molecule has 4 heterocycles. The van der Waals surface area contributed by atoms with E-state index in [-0.39, 0.29) is 53.7 Å². The van der Waals surface area contributed by atoms with Crippen LogP contribution in [0.25, 0.3) is 10.8 Å². The van der Waals surface area contributed by atoms with Gasteiger partial charge in [-0.3, -0.25) is 39.0 Å². The Morgan fingerprint density at radius 1 is 1.05 bits per heavy atom. The largest absolute Gasteiger partial charge is 0.496 e. The van der Waals surface area contributed by atoms with Gasteiger partial charge in [0, 0.05) is 67.2 Å². The number of ether oxygens (including phenoxy) is 3. The van der Waals surface area contributed by atoms with Crippen molar-refractivity contribution in [1.82, 2.24) is 25.4 Å². The third-order valence-electron chi connectivity index (χ3n) is 12.5. The molecule has 4 aliphatic rings. The zero-order valence-corrected chi connectivity index (χ0v) is 35.8. The monoisotopic (exact) mass is 867 g/mol. The van der Waals surface area contributed by atoms with Gasteiger partial charge in [0.05, 0.1) is 42.0 Å². The van der Waals surface area contributed by atoms with Crippen LogP contribution >= 0.6 is 0 Å². The van der Waals surface area contributed by atoms with Gasteiger partial charge in [0.1, 0.15) is 18.4 Å². The molecule has 3 fully saturated rings. The highest BCUT2D eigenvalue weighted by Gasteiger charge is 2.46. The molecule has 17 heteroatoms. The van der Waals surface area contributed by atoms with E-state index in [1.165, 1.54) is 7.11 Å². The van der Waals surface area contributed by atoms with Gasteiger partial charge in [0.25, 0.3) is 23.6 Å². The summed E-state index contributed by atoms with van der Waals surface area (Å²) in [5.74, 6) is 4.02. The Morgan fingerprint density at radius 2 is 1.84 bits per heavy atom. The minimum absolute atomic E-state index is 0.0207. The zero-order chi connectivity index (χ0) is 44.8. The molecule has 0 bridgehead atoms. The number of amides is 6. The maximum absolute atomic E-state index is 14.4. The van der Waals surface area contributed by atoms with Gasteiger partial charge in [-0.15, -0.1) is 0 Å². The molecule has 334 valence electrons. The minimum Gasteiger partial charge on any atom is -0.496 e. The Balaban J connectivity index is 0.852. The number of halogens is 1. The highest BCUT2D eigenvalue weighted by Crippen LogP contribution is 2.35. The Kier molecular flexibility index (Phi) is 14.2. The van der Waals surface area contributed by atoms with Gasteiger partial charge >= 0.3 is 0 Å². The molecule has 1 aromatic heterocycles. The summed E-state index contributed by atoms with van der Waals surface area (Å²) in [4.78, 5) is 82.6. The summed E-state index contributed by atoms with van der Waals surface area (Å²) >= 11 is 0. The first-order valence-corrected chi connectivity index (χ1v) is 21.6. The fourth-order valence-electron chi connectivity index (χ4n) is 9.07. The van der Waals surface area contributed by atoms with Gasteiger partial charge in [-0.05, 0) is 82.2 Å². The van der Waals surface area contributed by atoms with Crippen molar-refractivity contribution < 1.29 is 47.4 Å². The number of nitrogens with two attached hydrogens (primary N) is 1. The van der Waals surface area contributed by atoms with Gasteiger partial charge in [-0.1, -0.05) is 24.8 Å². The summed E-state index contributed by atoms with van der Waals surface area (Å²) in [6.07, 6.45) is 5.47. The number of methoxy groups -OCH3 is 1. The number of imide groups is 2. The molecule has 2 aromatic carbocycles. The number of carbonyl (C=O) groups is 6. The number of primary amides is 1. The van der Waals surface area contributed by atoms with Crippen LogP contribution in [0.1, 0.15) is 94.9 Å². The van der Waals surface area contributed by atoms with E-state index in [9.17, 15) is 33.2 Å². The van der Waals surface area contributed by atoms with Crippen LogP contribution in [0.5, 0.6) is 11.6 Å². The van der Waals surface area contributed by atoms with E-state index in [4.69, 9.17) is 19.9 Å². The lowest BCUT2D eigenvalue weighted by atomic mass is 9.82. The van der Waals surface area contributed by atoms with Crippen molar-refractivity contribution in [2.24, 2.45) is 23.5 Å². The Labute approximate surface area is 365 Å². The van der Waals surface area contributed by atoms with Gasteiger partial charge in [-0.2, -0.15) is 0 Å². The van der Waals surface area contributed by atoms with E-state index in [2.05, 4.69) is 44.7 Å². The smallest absolute Gasteiger partial charge is 0.264 e. The third-order valence-corrected chi connectivity index (χ3v) is 12.5. The molecular formula is C46H54FN7O9. The number of hydrogen-bond acceptors (Lipinski definition) is 12. The van der Waals surface area contributed by atoms with Crippen LogP contribution in [0.2, 0.25) is 0 Å². The average Bonchev–Trinajstić information content (AvgIpc) is 3.70. The predicted molar refractivity (Wildman–Crippen MR) is 230 cm³/mol. The SMILES string of the molecule is CC[C@@H]1[C@H](F)C(=O)N[C@@H]1COc1ncc(C#C[C@H]2CC[C@H](CN(C)CCCOCCNc3cccc4c3C(=O)N(C3CCC(=O)NC3=O)C4=O)CC2)c2cc(C(N)=O)c(OC)cc12. The van der Waals surface area contributed by atoms with Gasteiger partial charge in [0.2, 0.25) is 17.7 Å². The fourth-order valence-corrected chi connectivity index (χ4v) is 9.07. The van der Waals surface area contributed by atoms with Crippen molar-refractivity contribution >= 4 is 51.9 Å². The number of fused-ring (bicyclic) bond motifs is 2. The molecule has 1 unspecified atom stereocenters. The highest BCUT2D eigenvalue weighted by atomic mass is 19.1. The Bertz CT molecular complexity index is 2340. The van der Waals surface area contributed by atoms with E-state index in [0.717, 1.165) is 50.1 Å². The first kappa shape index (κ1) is 44.9. The van der Waals surface area contributed by atoms with Crippen molar-refractivity contribution in [3.8, 4) is 23.5 Å². The second-order valence-electron chi connectivity index (χ2n) is 16.7. The van der Waals surface area contributed by atoms with Crippen molar-refractivity contribution in [2.45, 2.75) is 76.5 Å². The van der Waals surface area contributed by atoms with Crippen molar-refractivity contribution in [3.63, 3.8) is 0 Å². The Hall–Kier alpha value is -6.12. The summed E-state index contributed by atoms with van der Waals surface area (Å²) in [6, 6.07) is 6.72. The normalized spacial score (nSPS) is 23.3. The van der Waals surface area contributed by atoms with Crippen molar-refractivity contribution in [3.05, 3.63) is 58.8 Å². The number of carbonyl (C=O) groups excluding carboxylic acids is 6. The summed E-state index contributed by atoms with van der Waals surface area (Å²) in [5.41, 5.74) is 7.45. The maximum atomic E-state index is 14.4. The van der Waals surface area contributed by atoms with E-state index in [1.54, 1.807) is 36.5 Å². The topological polar surface area (TPSA) is 212 Å². The number of hydrogen-bond donors (Lipinski definition) is 4. The van der Waals surface area contributed by atoms with Gasteiger partial charge in [-0.25, -0.2) is 9.37 Å². The molecule has 0 spiro atoms. The van der Waals surface area contributed by atoms with Crippen LogP contribution in [-0.2, 0) is 19.1 Å². The third kappa shape index (κ3) is 9.92. The number of rotatable bonds is 17. The number of piperidine rings is 1. The quantitative estimate of drug-likeness (QED) is 0.0872. The molecule has 63 heavy (non-hydrogen) atoms. The molecule has 16 nitrogen and oxygen atoms in total. The van der Waals surface area contributed by atoms with E-state index < -0.39 is 59.6 Å². The summed E-state index contributed by atoms with van der Waals surface area (Å²) in [6.45, 7) is 5.05. The first-order chi connectivity index (χ1) is 30.4. The van der Waals surface area contributed by atoms with E-state index in [0.29, 0.717) is 54.1 Å². The molecule has 5 N–H and O–H groups in total. The number of pyridine rings is 1. The lowest BCUT2D eigenvalue weighted by Gasteiger charge is -2.29. The molecule has 0 radical (unpaired) electrons. The van der Waals surface area contributed by atoms with Crippen molar-refractivity contribution in [2.75, 3.05) is 58.9 Å². The molecule has 3 aliphatic heterocycles. The molecule has 1 aliphatic carbocycles. The van der Waals surface area contributed by atoms with Crippen LogP contribution in [0.3, 0.4) is 0 Å². The summed E-state index contributed by atoms with van der Waals surface area (Å²) in [5, 5.41) is 9.27. The fraction of sp³-hybridized carbons (Fsp3) is 0.500. The molecule has 6 amide bonds. The molecule has 3 aromatic rings. The minimum atomic E-state index is -1.59. The number of anilines is 1. The lowest BCUT2D eigenvalue weighted by Crippen LogP contribution is -2.54. The van der Waals surface area contributed by atoms with Crippen LogP contribution in [0.4, 0.5) is 10.1 Å². The van der Waals surface area contributed by atoms with Crippen LogP contribution in [0.15, 0.2) is 36.5 Å². The lowest BCUT2D eigenvalue weighted by molar-refractivity contribution is -0.136. The van der Waals surface area contributed by atoms with Gasteiger partial charge < -0.3 is 35.5 Å². The number of benzene rings is 2. The molecule has 1 saturated carbocycles. The molecule has 7 rings (SSSR count). The molecule has 2 saturated heterocycles. The van der Waals surface area contributed by atoms with Crippen LogP contribution in [0, 0.1) is 29.6 Å². The van der Waals surface area contributed by atoms with E-state index >= 15 is 0 Å². The number of alkyl halides is 1. The second-order valence-corrected chi connectivity index (χ2v) is 16.7. The number of nitrogens with zero attached hydrogens (tertiary/aromatic N) is 3. The van der Waals surface area contributed by atoms with Crippen LogP contribution in [-0.4, -0.2) is 122 Å². The second kappa shape index (κ2) is 19.9. The number of aromatic nitrogens is 1. The summed E-state index contributed by atoms with van der Waals surface area (Å²) in [7, 11) is 3.56. The van der Waals surface area contributed by atoms with Gasteiger partial charge in [0.15, 0.2) is 6.17 Å². The summed E-state index contributed by atoms with van der Waals surface area (Å²) < 4.78 is 31.8. The number of nitrogens with one attached hydrogen (secondary N) is 3. The van der Waals surface area contributed by atoms with E-state index in [1.807, 2.05) is 6.92 Å². The van der Waals surface area contributed by atoms with Crippen LogP contribution < -0.4 is 31.2 Å². The molecular weight excluding hydrogens is 814 g/mol. The first-order valence-electron chi connectivity index (χ1n) is 21.6. The predicted octanol–water partition coefficient (Wildman–Crippen LogP) is 3.59. The molecule has 4 atom stereocenters. The standard InChI is InChI=1S/C46H54FN7O9/c1-4-29-35(51-43(58)40(29)47)25-63-44-32-22-37(61-3)33(41(48)56)21-31(32)28(23-50-44)14-13-26-9-11-27(12-10-26)24-53(2)18-6-19-62-20-17-49-34-8-5-7-30-39(34)46(60)54(45(30)59)36-15-16-38(55)52-42(36)57/h5,7-8,21-23,26-27,29,35-36,40,49H,4,6,9-12,15-20,24-25H2,1-3H3,(H2,48,56)(H,51,58)(H,52,55,57)/t26-,27-,29-,35+,36?,40-/m0/s1. The zero-order valence-electron chi connectivity index (χ0n) is 35.8. The Morgan fingerprint density at radius 3 is 2.57 bits per heavy atom. The maximum Gasteiger partial charge on any atom is 0.264 e.